The molecular weight excluding hydrogens is 320 g/mol. The lowest BCUT2D eigenvalue weighted by molar-refractivity contribution is -0.108. The van der Waals surface area contributed by atoms with Crippen LogP contribution in [0.5, 0.6) is 0 Å². The Balaban J connectivity index is 0.000000209. The van der Waals surface area contributed by atoms with Crippen molar-refractivity contribution in [2.24, 2.45) is 0 Å². The summed E-state index contributed by atoms with van der Waals surface area (Å²) in [4.78, 5) is 12.6. The molecule has 2 aliphatic rings. The lowest BCUT2D eigenvalue weighted by Gasteiger charge is -2.24. The van der Waals surface area contributed by atoms with Gasteiger partial charge in [-0.1, -0.05) is 48.1 Å². The zero-order valence-electron chi connectivity index (χ0n) is 16.4. The Bertz CT molecular complexity index is 733. The SMILES string of the molecule is CC1=CC(C2=CCCC=C2)=CN(CC=O)C1.CNc1c(C)cccc1C. The molecule has 26 heavy (non-hydrogen) atoms. The van der Waals surface area contributed by atoms with Crippen molar-refractivity contribution in [2.45, 2.75) is 33.6 Å². The fraction of sp³-hybridized carbons (Fsp3) is 0.348. The van der Waals surface area contributed by atoms with Gasteiger partial charge < -0.3 is 15.0 Å². The van der Waals surface area contributed by atoms with Crippen LogP contribution >= 0.6 is 0 Å². The maximum atomic E-state index is 10.5. The van der Waals surface area contributed by atoms with Gasteiger partial charge >= 0.3 is 0 Å². The quantitative estimate of drug-likeness (QED) is 0.780. The summed E-state index contributed by atoms with van der Waals surface area (Å²) < 4.78 is 0. The van der Waals surface area contributed by atoms with E-state index in [4.69, 9.17) is 0 Å². The Hall–Kier alpha value is -2.55. The van der Waals surface area contributed by atoms with Crippen LogP contribution in [0.2, 0.25) is 0 Å². The van der Waals surface area contributed by atoms with Crippen LogP contribution < -0.4 is 5.32 Å². The highest BCUT2D eigenvalue weighted by Gasteiger charge is 2.11. The van der Waals surface area contributed by atoms with Crippen LogP contribution in [0.15, 0.2) is 65.4 Å². The molecule has 0 atom stereocenters. The maximum Gasteiger partial charge on any atom is 0.139 e. The highest BCUT2D eigenvalue weighted by Crippen LogP contribution is 2.24. The monoisotopic (exact) mass is 350 g/mol. The van der Waals surface area contributed by atoms with Gasteiger partial charge in [-0.05, 0) is 55.9 Å². The average Bonchev–Trinajstić information content (AvgIpc) is 2.63. The number of rotatable bonds is 4. The van der Waals surface area contributed by atoms with Crippen molar-refractivity contribution in [3.8, 4) is 0 Å². The molecule has 0 bridgehead atoms. The van der Waals surface area contributed by atoms with E-state index in [0.717, 1.165) is 25.7 Å². The number of aryl methyl sites for hydroxylation is 2. The van der Waals surface area contributed by atoms with Gasteiger partial charge in [0.1, 0.15) is 6.29 Å². The Labute approximate surface area is 157 Å². The number of anilines is 1. The van der Waals surface area contributed by atoms with Gasteiger partial charge in [0.25, 0.3) is 0 Å². The summed E-state index contributed by atoms with van der Waals surface area (Å²) >= 11 is 0. The predicted octanol–water partition coefficient (Wildman–Crippen LogP) is 4.95. The van der Waals surface area contributed by atoms with Gasteiger partial charge in [-0.25, -0.2) is 0 Å². The Morgan fingerprint density at radius 3 is 2.38 bits per heavy atom. The Kier molecular flexibility index (Phi) is 7.46. The highest BCUT2D eigenvalue weighted by molar-refractivity contribution is 5.56. The molecule has 0 unspecified atom stereocenters. The minimum atomic E-state index is 0.478. The molecule has 138 valence electrons. The van der Waals surface area contributed by atoms with Crippen molar-refractivity contribution >= 4 is 12.0 Å². The van der Waals surface area contributed by atoms with Gasteiger partial charge in [0, 0.05) is 25.5 Å². The number of aldehydes is 1. The fourth-order valence-corrected chi connectivity index (χ4v) is 3.32. The molecule has 0 aromatic heterocycles. The molecule has 1 aliphatic carbocycles. The number of para-hydroxylation sites is 1. The standard InChI is InChI=1S/C14H17NO.C9H13N/c1-12-9-14(11-15(10-12)7-8-16)13-5-3-2-4-6-13;1-7-5-4-6-8(2)9(7)10-3/h3,5-6,8-9,11H,2,4,7,10H2,1H3;4-6,10H,1-3H3. The molecule has 0 saturated carbocycles. The summed E-state index contributed by atoms with van der Waals surface area (Å²) in [5, 5.41) is 3.16. The zero-order valence-corrected chi connectivity index (χ0v) is 16.4. The molecule has 0 amide bonds. The van der Waals surface area contributed by atoms with Crippen LogP contribution in [0.4, 0.5) is 5.69 Å². The summed E-state index contributed by atoms with van der Waals surface area (Å²) in [5.41, 5.74) is 7.68. The summed E-state index contributed by atoms with van der Waals surface area (Å²) in [7, 11) is 1.95. The fourth-order valence-electron chi connectivity index (χ4n) is 3.32. The third kappa shape index (κ3) is 5.48. The molecule has 1 heterocycles. The predicted molar refractivity (Wildman–Crippen MR) is 111 cm³/mol. The number of nitrogens with zero attached hydrogens (tertiary/aromatic N) is 1. The number of nitrogens with one attached hydrogen (secondary N) is 1. The van der Waals surface area contributed by atoms with Crippen molar-refractivity contribution in [2.75, 3.05) is 25.5 Å². The topological polar surface area (TPSA) is 32.3 Å². The molecule has 0 spiro atoms. The van der Waals surface area contributed by atoms with Gasteiger partial charge in [0.2, 0.25) is 0 Å². The van der Waals surface area contributed by atoms with Gasteiger partial charge in [0.15, 0.2) is 0 Å². The first kappa shape index (κ1) is 19.8. The van der Waals surface area contributed by atoms with E-state index in [2.05, 4.69) is 79.7 Å². The number of hydrogen-bond acceptors (Lipinski definition) is 3. The summed E-state index contributed by atoms with van der Waals surface area (Å²) in [6, 6.07) is 6.29. The first-order chi connectivity index (χ1) is 12.5. The average molecular weight is 351 g/mol. The van der Waals surface area contributed by atoms with Gasteiger partial charge in [-0.15, -0.1) is 0 Å². The summed E-state index contributed by atoms with van der Waals surface area (Å²) in [6.45, 7) is 7.67. The van der Waals surface area contributed by atoms with Crippen LogP contribution in [0.25, 0.3) is 0 Å². The van der Waals surface area contributed by atoms with Crippen LogP contribution in [0.1, 0.15) is 30.9 Å². The molecule has 0 fully saturated rings. The molecule has 3 rings (SSSR count). The number of carbonyl (C=O) groups is 1. The second-order valence-corrected chi connectivity index (χ2v) is 6.83. The normalized spacial score (nSPS) is 16.0. The maximum absolute atomic E-state index is 10.5. The van der Waals surface area contributed by atoms with E-state index in [9.17, 15) is 4.79 Å². The lowest BCUT2D eigenvalue weighted by Crippen LogP contribution is -2.24. The van der Waals surface area contributed by atoms with Crippen molar-refractivity contribution in [1.82, 2.24) is 4.90 Å². The molecule has 1 N–H and O–H groups in total. The van der Waals surface area contributed by atoms with Crippen LogP contribution in [0, 0.1) is 13.8 Å². The second kappa shape index (κ2) is 9.81. The van der Waals surface area contributed by atoms with Crippen molar-refractivity contribution < 1.29 is 4.79 Å². The number of benzene rings is 1. The lowest BCUT2D eigenvalue weighted by atomic mass is 9.96. The number of carbonyl (C=O) groups excluding carboxylic acids is 1. The zero-order chi connectivity index (χ0) is 18.9. The second-order valence-electron chi connectivity index (χ2n) is 6.83. The first-order valence-corrected chi connectivity index (χ1v) is 9.23. The molecular formula is C23H30N2O. The van der Waals surface area contributed by atoms with Crippen LogP contribution in [0.3, 0.4) is 0 Å². The van der Waals surface area contributed by atoms with Crippen LogP contribution in [-0.4, -0.2) is 31.3 Å². The number of hydrogen-bond donors (Lipinski definition) is 1. The third-order valence-electron chi connectivity index (χ3n) is 4.54. The first-order valence-electron chi connectivity index (χ1n) is 9.23. The van der Waals surface area contributed by atoms with E-state index in [1.54, 1.807) is 0 Å². The largest absolute Gasteiger partial charge is 0.388 e. The minimum absolute atomic E-state index is 0.478. The highest BCUT2D eigenvalue weighted by atomic mass is 16.1. The molecule has 0 radical (unpaired) electrons. The van der Waals surface area contributed by atoms with E-state index >= 15 is 0 Å². The number of allylic oxidation sites excluding steroid dienone is 6. The van der Waals surface area contributed by atoms with E-state index in [-0.39, 0.29) is 0 Å². The van der Waals surface area contributed by atoms with Gasteiger partial charge in [0.05, 0.1) is 6.54 Å². The smallest absolute Gasteiger partial charge is 0.139 e. The van der Waals surface area contributed by atoms with Gasteiger partial charge in [-0.3, -0.25) is 0 Å². The van der Waals surface area contributed by atoms with Crippen molar-refractivity contribution in [3.05, 3.63) is 76.5 Å². The minimum Gasteiger partial charge on any atom is -0.388 e. The van der Waals surface area contributed by atoms with Gasteiger partial charge in [-0.2, -0.15) is 0 Å². The molecule has 0 saturated heterocycles. The molecule has 3 heteroatoms. The Morgan fingerprint density at radius 1 is 1.12 bits per heavy atom. The van der Waals surface area contributed by atoms with Crippen LogP contribution in [-0.2, 0) is 4.79 Å². The van der Waals surface area contributed by atoms with E-state index < -0.39 is 0 Å². The Morgan fingerprint density at radius 2 is 1.85 bits per heavy atom. The summed E-state index contributed by atoms with van der Waals surface area (Å²) in [6.07, 6.45) is 14.1. The third-order valence-corrected chi connectivity index (χ3v) is 4.54. The van der Waals surface area contributed by atoms with E-state index in [0.29, 0.717) is 6.54 Å². The van der Waals surface area contributed by atoms with E-state index in [1.165, 1.54) is 33.5 Å². The van der Waals surface area contributed by atoms with E-state index in [1.807, 2.05) is 7.05 Å². The molecule has 1 aromatic carbocycles. The molecule has 1 aliphatic heterocycles. The van der Waals surface area contributed by atoms with Crippen molar-refractivity contribution in [3.63, 3.8) is 0 Å². The van der Waals surface area contributed by atoms with Crippen molar-refractivity contribution in [1.29, 1.82) is 0 Å². The molecule has 3 nitrogen and oxygen atoms in total. The summed E-state index contributed by atoms with van der Waals surface area (Å²) in [5.74, 6) is 0. The molecule has 1 aromatic rings.